The quantitative estimate of drug-likeness (QED) is 0.633. The van der Waals surface area contributed by atoms with Crippen LogP contribution in [-0.2, 0) is 9.47 Å². The van der Waals surface area contributed by atoms with E-state index in [1.165, 1.54) is 0 Å². The van der Waals surface area contributed by atoms with E-state index in [9.17, 15) is 0 Å². The lowest BCUT2D eigenvalue weighted by molar-refractivity contribution is -0.0157. The van der Waals surface area contributed by atoms with Crippen molar-refractivity contribution in [3.63, 3.8) is 0 Å². The molecule has 1 aliphatic rings. The third-order valence-corrected chi connectivity index (χ3v) is 5.15. The number of ether oxygens (including phenoxy) is 3. The number of hydrogen-bond donors (Lipinski definition) is 0. The molecule has 154 valence electrons. The summed E-state index contributed by atoms with van der Waals surface area (Å²) in [5, 5.41) is 4.56. The van der Waals surface area contributed by atoms with E-state index in [0.29, 0.717) is 12.5 Å². The van der Waals surface area contributed by atoms with Crippen molar-refractivity contribution in [2.75, 3.05) is 44.9 Å². The molecule has 0 amide bonds. The lowest BCUT2D eigenvalue weighted by Gasteiger charge is -2.28. The molecular weight excluding hydrogens is 370 g/mol. The highest BCUT2D eigenvalue weighted by atomic mass is 16.5. The van der Waals surface area contributed by atoms with Gasteiger partial charge in [0.15, 0.2) is 5.65 Å². The van der Waals surface area contributed by atoms with Crippen LogP contribution < -0.4 is 9.64 Å². The summed E-state index contributed by atoms with van der Waals surface area (Å²) >= 11 is 0. The Morgan fingerprint density at radius 2 is 1.97 bits per heavy atom. The van der Waals surface area contributed by atoms with Gasteiger partial charge < -0.3 is 19.1 Å². The van der Waals surface area contributed by atoms with E-state index in [4.69, 9.17) is 19.2 Å². The molecule has 8 nitrogen and oxygen atoms in total. The molecule has 0 bridgehead atoms. The first kappa shape index (κ1) is 19.6. The fourth-order valence-corrected chi connectivity index (χ4v) is 3.34. The summed E-state index contributed by atoms with van der Waals surface area (Å²) in [6, 6.07) is 5.87. The van der Waals surface area contributed by atoms with Gasteiger partial charge in [-0.25, -0.2) is 14.5 Å². The molecule has 0 aliphatic carbocycles. The van der Waals surface area contributed by atoms with Crippen LogP contribution in [0.3, 0.4) is 0 Å². The predicted molar refractivity (Wildman–Crippen MR) is 111 cm³/mol. The number of aryl methyl sites for hydroxylation is 1. The van der Waals surface area contributed by atoms with E-state index in [1.54, 1.807) is 13.3 Å². The average molecular weight is 397 g/mol. The standard InChI is InChI=1S/C21H27N5O3/c1-15-19(16-5-6-18(22-13-16)29-14-21(2,3)27-4)26-20(24-15)17(7-8-23-26)25-9-11-28-12-10-25/h5-8,13H,9-12,14H2,1-4H3. The van der Waals surface area contributed by atoms with Crippen LogP contribution in [0.15, 0.2) is 30.6 Å². The Labute approximate surface area is 170 Å². The predicted octanol–water partition coefficient (Wildman–Crippen LogP) is 2.74. The van der Waals surface area contributed by atoms with Crippen molar-refractivity contribution in [1.29, 1.82) is 0 Å². The monoisotopic (exact) mass is 397 g/mol. The maximum atomic E-state index is 5.76. The second kappa shape index (κ2) is 7.96. The molecule has 0 N–H and O–H groups in total. The van der Waals surface area contributed by atoms with E-state index >= 15 is 0 Å². The van der Waals surface area contributed by atoms with Crippen LogP contribution >= 0.6 is 0 Å². The number of morpholine rings is 1. The van der Waals surface area contributed by atoms with Crippen molar-refractivity contribution in [3.05, 3.63) is 36.3 Å². The molecule has 0 radical (unpaired) electrons. The van der Waals surface area contributed by atoms with Gasteiger partial charge in [-0.1, -0.05) is 0 Å². The molecule has 3 aromatic heterocycles. The number of aromatic nitrogens is 4. The zero-order valence-electron chi connectivity index (χ0n) is 17.4. The molecule has 4 heterocycles. The third-order valence-electron chi connectivity index (χ3n) is 5.15. The summed E-state index contributed by atoms with van der Waals surface area (Å²) in [7, 11) is 1.67. The number of hydrogen-bond acceptors (Lipinski definition) is 7. The van der Waals surface area contributed by atoms with Crippen molar-refractivity contribution < 1.29 is 14.2 Å². The Balaban J connectivity index is 1.63. The number of methoxy groups -OCH3 is 1. The molecule has 1 aliphatic heterocycles. The molecule has 29 heavy (non-hydrogen) atoms. The lowest BCUT2D eigenvalue weighted by atomic mass is 10.1. The van der Waals surface area contributed by atoms with Gasteiger partial charge in [0, 0.05) is 38.0 Å². The number of anilines is 1. The van der Waals surface area contributed by atoms with Crippen LogP contribution in [0.1, 0.15) is 19.5 Å². The molecule has 0 atom stereocenters. The fraction of sp³-hybridized carbons (Fsp3) is 0.476. The van der Waals surface area contributed by atoms with Gasteiger partial charge >= 0.3 is 0 Å². The van der Waals surface area contributed by atoms with Crippen molar-refractivity contribution in [3.8, 4) is 17.1 Å². The number of rotatable bonds is 6. The van der Waals surface area contributed by atoms with Crippen LogP contribution in [-0.4, -0.2) is 65.2 Å². The van der Waals surface area contributed by atoms with E-state index in [-0.39, 0.29) is 5.60 Å². The van der Waals surface area contributed by atoms with E-state index in [0.717, 1.165) is 54.6 Å². The van der Waals surface area contributed by atoms with Gasteiger partial charge in [0.05, 0.1) is 42.1 Å². The zero-order chi connectivity index (χ0) is 20.4. The Morgan fingerprint density at radius 3 is 2.66 bits per heavy atom. The SMILES string of the molecule is COC(C)(C)COc1ccc(-c2c(C)nc3c(N4CCOCC4)ccnn23)cn1. The summed E-state index contributed by atoms with van der Waals surface area (Å²) in [6.45, 7) is 9.53. The smallest absolute Gasteiger partial charge is 0.213 e. The minimum atomic E-state index is -0.363. The van der Waals surface area contributed by atoms with Crippen molar-refractivity contribution in [2.24, 2.45) is 0 Å². The Hall–Kier alpha value is -2.71. The first-order valence-corrected chi connectivity index (χ1v) is 9.80. The molecule has 1 saturated heterocycles. The molecule has 0 spiro atoms. The van der Waals surface area contributed by atoms with Gasteiger partial charge in [0.1, 0.15) is 6.61 Å². The van der Waals surface area contributed by atoms with Gasteiger partial charge in [-0.3, -0.25) is 0 Å². The summed E-state index contributed by atoms with van der Waals surface area (Å²) in [6.07, 6.45) is 3.62. The second-order valence-corrected chi connectivity index (χ2v) is 7.73. The highest BCUT2D eigenvalue weighted by Crippen LogP contribution is 2.29. The molecule has 8 heteroatoms. The summed E-state index contributed by atoms with van der Waals surface area (Å²) in [4.78, 5) is 11.6. The fourth-order valence-electron chi connectivity index (χ4n) is 3.34. The number of pyridine rings is 1. The van der Waals surface area contributed by atoms with Crippen molar-refractivity contribution in [2.45, 2.75) is 26.4 Å². The molecule has 0 saturated carbocycles. The normalized spacial score (nSPS) is 15.1. The van der Waals surface area contributed by atoms with Crippen LogP contribution in [0.5, 0.6) is 5.88 Å². The number of nitrogens with zero attached hydrogens (tertiary/aromatic N) is 5. The summed E-state index contributed by atoms with van der Waals surface area (Å²) in [5.74, 6) is 0.562. The van der Waals surface area contributed by atoms with Crippen LogP contribution in [0, 0.1) is 6.92 Å². The highest BCUT2D eigenvalue weighted by Gasteiger charge is 2.20. The molecule has 4 rings (SSSR count). The molecule has 0 aromatic carbocycles. The lowest BCUT2D eigenvalue weighted by Crippen LogP contribution is -2.36. The van der Waals surface area contributed by atoms with Crippen molar-refractivity contribution in [1.82, 2.24) is 19.6 Å². The minimum Gasteiger partial charge on any atom is -0.475 e. The van der Waals surface area contributed by atoms with Gasteiger partial charge in [0.2, 0.25) is 5.88 Å². The second-order valence-electron chi connectivity index (χ2n) is 7.73. The Kier molecular flexibility index (Phi) is 5.38. The van der Waals surface area contributed by atoms with Gasteiger partial charge in [-0.15, -0.1) is 0 Å². The summed E-state index contributed by atoms with van der Waals surface area (Å²) < 4.78 is 18.5. The van der Waals surface area contributed by atoms with Crippen molar-refractivity contribution >= 4 is 11.3 Å². The number of fused-ring (bicyclic) bond motifs is 1. The maximum Gasteiger partial charge on any atom is 0.213 e. The molecule has 1 fully saturated rings. The van der Waals surface area contributed by atoms with Crippen LogP contribution in [0.4, 0.5) is 5.69 Å². The Bertz CT molecular complexity index is 978. The third kappa shape index (κ3) is 4.04. The van der Waals surface area contributed by atoms with Crippen LogP contribution in [0.2, 0.25) is 0 Å². The zero-order valence-corrected chi connectivity index (χ0v) is 17.4. The van der Waals surface area contributed by atoms with E-state index in [1.807, 2.05) is 49.7 Å². The van der Waals surface area contributed by atoms with Gasteiger partial charge in [-0.2, -0.15) is 5.10 Å². The topological polar surface area (TPSA) is 74.0 Å². The van der Waals surface area contributed by atoms with Gasteiger partial charge in [-0.05, 0) is 32.9 Å². The highest BCUT2D eigenvalue weighted by molar-refractivity contribution is 5.75. The maximum absolute atomic E-state index is 5.76. The van der Waals surface area contributed by atoms with Gasteiger partial charge in [0.25, 0.3) is 0 Å². The summed E-state index contributed by atoms with van der Waals surface area (Å²) in [5.41, 5.74) is 4.36. The largest absolute Gasteiger partial charge is 0.475 e. The Morgan fingerprint density at radius 1 is 1.17 bits per heavy atom. The van der Waals surface area contributed by atoms with E-state index in [2.05, 4.69) is 15.0 Å². The van der Waals surface area contributed by atoms with E-state index < -0.39 is 0 Å². The first-order valence-electron chi connectivity index (χ1n) is 9.80. The molecule has 0 unspecified atom stereocenters. The molecule has 3 aromatic rings. The minimum absolute atomic E-state index is 0.363. The molecular formula is C21H27N5O3. The number of imidazole rings is 1. The van der Waals surface area contributed by atoms with Crippen LogP contribution in [0.25, 0.3) is 16.9 Å². The first-order chi connectivity index (χ1) is 14.0. The average Bonchev–Trinajstić information content (AvgIpc) is 3.09.